The first kappa shape index (κ1) is 6.37. The minimum atomic E-state index is -4.37. The van der Waals surface area contributed by atoms with E-state index in [1.165, 1.54) is 0 Å². The summed E-state index contributed by atoms with van der Waals surface area (Å²) in [5.41, 5.74) is 0. The summed E-state index contributed by atoms with van der Waals surface area (Å²) in [7, 11) is 0. The Kier molecular flexibility index (Phi) is 1.72. The van der Waals surface area contributed by atoms with Crippen molar-refractivity contribution in [3.8, 4) is 0 Å². The fourth-order valence-electron chi connectivity index (χ4n) is 0.0818. The predicted molar refractivity (Wildman–Crippen MR) is 16.4 cm³/mol. The van der Waals surface area contributed by atoms with Crippen LogP contribution in [0.4, 0.5) is 13.2 Å². The molecule has 0 N–H and O–H groups in total. The average molecular weight is 111 g/mol. The van der Waals surface area contributed by atoms with Crippen LogP contribution in [0.5, 0.6) is 0 Å². The molecule has 0 aliphatic rings. The molecule has 0 rings (SSSR count). The monoisotopic (exact) mass is 111 g/mol. The molecule has 0 aliphatic heterocycles. The van der Waals surface area contributed by atoms with E-state index in [0.717, 1.165) is 6.29 Å². The fraction of sp³-hybridized carbons (Fsp3) is 0.667. The van der Waals surface area contributed by atoms with Gasteiger partial charge in [-0.3, -0.25) is 0 Å². The number of hydrogen-bond acceptors (Lipinski definition) is 1. The molecule has 0 atom stereocenters. The van der Waals surface area contributed by atoms with Gasteiger partial charge in [-0.15, -0.1) is 0 Å². The lowest BCUT2D eigenvalue weighted by atomic mass is 10.5. The zero-order valence-corrected chi connectivity index (χ0v) is 3.25. The number of halogens is 3. The van der Waals surface area contributed by atoms with Crippen LogP contribution < -0.4 is 0 Å². The highest BCUT2D eigenvalue weighted by molar-refractivity contribution is 5.51. The van der Waals surface area contributed by atoms with Crippen molar-refractivity contribution >= 4 is 6.29 Å². The van der Waals surface area contributed by atoms with E-state index in [-0.39, 0.29) is 0 Å². The topological polar surface area (TPSA) is 17.1 Å². The zero-order chi connectivity index (χ0) is 5.91. The highest BCUT2D eigenvalue weighted by atomic mass is 19.4. The Morgan fingerprint density at radius 1 is 1.43 bits per heavy atom. The molecule has 0 bridgehead atoms. The Balaban J connectivity index is 3.34. The highest BCUT2D eigenvalue weighted by Crippen LogP contribution is 2.16. The summed E-state index contributed by atoms with van der Waals surface area (Å²) in [6.07, 6.45) is -5.11. The molecule has 1 nitrogen and oxygen atoms in total. The van der Waals surface area contributed by atoms with E-state index in [1.807, 2.05) is 0 Å². The molecule has 40 valence electrons. The Morgan fingerprint density at radius 3 is 1.86 bits per heavy atom. The van der Waals surface area contributed by atoms with E-state index < -0.39 is 12.6 Å². The lowest BCUT2D eigenvalue weighted by molar-refractivity contribution is -0.121. The van der Waals surface area contributed by atoms with Crippen molar-refractivity contribution in [2.45, 2.75) is 12.6 Å². The van der Waals surface area contributed by atoms with Crippen LogP contribution in [0.15, 0.2) is 0 Å². The second-order valence-electron chi connectivity index (χ2n) is 0.936. The summed E-state index contributed by atoms with van der Waals surface area (Å²) in [4.78, 5) is 8.98. The van der Waals surface area contributed by atoms with Crippen molar-refractivity contribution in [3.63, 3.8) is 0 Å². The lowest BCUT2D eigenvalue weighted by Gasteiger charge is -1.88. The van der Waals surface area contributed by atoms with Crippen molar-refractivity contribution in [1.82, 2.24) is 0 Å². The van der Waals surface area contributed by atoms with Crippen LogP contribution in [0.2, 0.25) is 0 Å². The summed E-state index contributed by atoms with van der Waals surface area (Å²) in [5.74, 6) is 0. The number of carbonyl (C=O) groups excluding carboxylic acids is 1. The van der Waals surface area contributed by atoms with E-state index in [1.54, 1.807) is 0 Å². The van der Waals surface area contributed by atoms with Gasteiger partial charge in [0.1, 0.15) is 0 Å². The quantitative estimate of drug-likeness (QED) is 0.462. The normalized spacial score (nSPS) is 10.7. The van der Waals surface area contributed by atoms with Crippen molar-refractivity contribution < 1.29 is 18.0 Å². The number of alkyl halides is 3. The third kappa shape index (κ3) is 5.37. The Hall–Kier alpha value is -0.630. The van der Waals surface area contributed by atoms with E-state index in [2.05, 4.69) is 0 Å². The van der Waals surface area contributed by atoms with Crippen LogP contribution in [0.25, 0.3) is 0 Å². The van der Waals surface area contributed by atoms with Crippen molar-refractivity contribution in [1.29, 1.82) is 0 Å². The molecule has 0 fully saturated rings. The molecule has 0 aromatic carbocycles. The second kappa shape index (κ2) is 1.89. The molecule has 4 heteroatoms. The van der Waals surface area contributed by atoms with Crippen LogP contribution in [0, 0.1) is 0 Å². The van der Waals surface area contributed by atoms with Gasteiger partial charge in [0.25, 0.3) is 0 Å². The fourth-order valence-corrected chi connectivity index (χ4v) is 0.0818. The Morgan fingerprint density at radius 2 is 1.86 bits per heavy atom. The van der Waals surface area contributed by atoms with Crippen LogP contribution in [-0.4, -0.2) is 12.5 Å². The SMILES string of the molecule is O=[C+]CC(F)(F)F. The van der Waals surface area contributed by atoms with Gasteiger partial charge in [0.2, 0.25) is 0 Å². The molecule has 0 saturated heterocycles. The molecular weight excluding hydrogens is 109 g/mol. The molecule has 0 unspecified atom stereocenters. The van der Waals surface area contributed by atoms with Crippen molar-refractivity contribution in [2.24, 2.45) is 0 Å². The zero-order valence-electron chi connectivity index (χ0n) is 3.25. The summed E-state index contributed by atoms with van der Waals surface area (Å²) >= 11 is 0. The van der Waals surface area contributed by atoms with Gasteiger partial charge in [-0.05, 0) is 0 Å². The average Bonchev–Trinajstić information content (AvgIpc) is 1.30. The first-order valence-electron chi connectivity index (χ1n) is 1.48. The van der Waals surface area contributed by atoms with Gasteiger partial charge in [0.15, 0.2) is 0 Å². The Labute approximate surface area is 38.1 Å². The maximum Gasteiger partial charge on any atom is 0.516 e. The second-order valence-corrected chi connectivity index (χ2v) is 0.936. The van der Waals surface area contributed by atoms with Gasteiger partial charge < -0.3 is 0 Å². The molecule has 0 saturated carbocycles. The molecule has 0 radical (unpaired) electrons. The van der Waals surface area contributed by atoms with Gasteiger partial charge in [-0.25, -0.2) is 0 Å². The molecule has 0 heterocycles. The molecule has 0 amide bonds. The number of rotatable bonds is 1. The predicted octanol–water partition coefficient (Wildman–Crippen LogP) is 1.05. The van der Waals surface area contributed by atoms with Crippen LogP contribution in [-0.2, 0) is 4.79 Å². The van der Waals surface area contributed by atoms with Gasteiger partial charge in [-0.2, -0.15) is 13.2 Å². The summed E-state index contributed by atoms with van der Waals surface area (Å²) in [6, 6.07) is 0. The molecule has 0 spiro atoms. The first-order valence-corrected chi connectivity index (χ1v) is 1.48. The van der Waals surface area contributed by atoms with Gasteiger partial charge >= 0.3 is 18.9 Å². The van der Waals surface area contributed by atoms with Crippen LogP contribution >= 0.6 is 0 Å². The minimum absolute atomic E-state index is 0.733. The Bertz CT molecular complexity index is 65.1. The van der Waals surface area contributed by atoms with Crippen molar-refractivity contribution in [3.05, 3.63) is 0 Å². The maximum atomic E-state index is 10.8. The molecule has 0 aromatic heterocycles. The van der Waals surface area contributed by atoms with Gasteiger partial charge in [-0.1, -0.05) is 0 Å². The minimum Gasteiger partial charge on any atom is -0.166 e. The smallest absolute Gasteiger partial charge is 0.166 e. The summed E-state index contributed by atoms with van der Waals surface area (Å²) < 4.78 is 32.4. The van der Waals surface area contributed by atoms with Crippen molar-refractivity contribution in [2.75, 3.05) is 0 Å². The molecule has 0 aliphatic carbocycles. The maximum absolute atomic E-state index is 10.8. The molecular formula is C3H2F3O+. The lowest BCUT2D eigenvalue weighted by Crippen LogP contribution is -2.06. The third-order valence-corrected chi connectivity index (χ3v) is 0.273. The largest absolute Gasteiger partial charge is 0.516 e. The summed E-state index contributed by atoms with van der Waals surface area (Å²) in [5, 5.41) is 0. The molecule has 0 aromatic rings. The van der Waals surface area contributed by atoms with Crippen LogP contribution in [0.3, 0.4) is 0 Å². The van der Waals surface area contributed by atoms with Gasteiger partial charge in [0, 0.05) is 4.79 Å². The third-order valence-electron chi connectivity index (χ3n) is 0.273. The van der Waals surface area contributed by atoms with Crippen LogP contribution in [0.1, 0.15) is 6.42 Å². The molecule has 7 heavy (non-hydrogen) atoms. The van der Waals surface area contributed by atoms with E-state index in [0.29, 0.717) is 0 Å². The van der Waals surface area contributed by atoms with E-state index in [9.17, 15) is 13.2 Å². The van der Waals surface area contributed by atoms with E-state index in [4.69, 9.17) is 4.79 Å². The van der Waals surface area contributed by atoms with Gasteiger partial charge in [0.05, 0.1) is 0 Å². The standard InChI is InChI=1S/C3H2F3O/c4-3(5,6)1-2-7/h1H2/q+1. The summed E-state index contributed by atoms with van der Waals surface area (Å²) in [6.45, 7) is 0. The highest BCUT2D eigenvalue weighted by Gasteiger charge is 2.35. The first-order chi connectivity index (χ1) is 3.06. The van der Waals surface area contributed by atoms with E-state index >= 15 is 0 Å². The number of hydrogen-bond donors (Lipinski definition) is 0.